The highest BCUT2D eigenvalue weighted by Crippen LogP contribution is 2.21. The van der Waals surface area contributed by atoms with Gasteiger partial charge in [-0.1, -0.05) is 0 Å². The summed E-state index contributed by atoms with van der Waals surface area (Å²) in [5.41, 5.74) is 0.568. The predicted octanol–water partition coefficient (Wildman–Crippen LogP) is 1.89. The summed E-state index contributed by atoms with van der Waals surface area (Å²) < 4.78 is 7.35. The molecule has 4 heteroatoms. The Morgan fingerprint density at radius 1 is 1.58 bits per heavy atom. The molecule has 2 heterocycles. The maximum Gasteiger partial charge on any atom is 0.262 e. The summed E-state index contributed by atoms with van der Waals surface area (Å²) in [6.07, 6.45) is 3.20. The van der Waals surface area contributed by atoms with E-state index in [1.165, 1.54) is 10.8 Å². The minimum absolute atomic E-state index is 0.0480. The summed E-state index contributed by atoms with van der Waals surface area (Å²) in [5.74, 6) is 0. The second kappa shape index (κ2) is 2.48. The second-order valence-corrected chi connectivity index (χ2v) is 3.41. The van der Waals surface area contributed by atoms with Gasteiger partial charge in [-0.25, -0.2) is 0 Å². The van der Waals surface area contributed by atoms with Gasteiger partial charge in [-0.15, -0.1) is 0 Å². The van der Waals surface area contributed by atoms with Crippen LogP contribution >= 0.6 is 15.9 Å². The maximum absolute atomic E-state index is 11.5. The van der Waals surface area contributed by atoms with Crippen molar-refractivity contribution in [2.45, 2.75) is 0 Å². The number of nitrogens with zero attached hydrogens (tertiary/aromatic N) is 1. The van der Waals surface area contributed by atoms with Crippen molar-refractivity contribution in [3.63, 3.8) is 0 Å². The zero-order valence-electron chi connectivity index (χ0n) is 6.37. The van der Waals surface area contributed by atoms with Gasteiger partial charge in [0, 0.05) is 13.2 Å². The lowest BCUT2D eigenvalue weighted by molar-refractivity contribution is 0.612. The second-order valence-electron chi connectivity index (χ2n) is 2.55. The van der Waals surface area contributed by atoms with E-state index in [4.69, 9.17) is 4.42 Å². The molecule has 0 aliphatic heterocycles. The van der Waals surface area contributed by atoms with E-state index in [-0.39, 0.29) is 5.56 Å². The highest BCUT2D eigenvalue weighted by molar-refractivity contribution is 9.10. The van der Waals surface area contributed by atoms with Crippen LogP contribution in [0.15, 0.2) is 32.2 Å². The molecule has 62 valence electrons. The zero-order valence-corrected chi connectivity index (χ0v) is 7.96. The van der Waals surface area contributed by atoms with Crippen LogP contribution in [-0.4, -0.2) is 4.57 Å². The first-order valence-corrected chi connectivity index (χ1v) is 4.22. The van der Waals surface area contributed by atoms with Gasteiger partial charge in [-0.05, 0) is 22.0 Å². The average Bonchev–Trinajstić information content (AvgIpc) is 2.41. The van der Waals surface area contributed by atoms with Crippen molar-refractivity contribution in [1.82, 2.24) is 4.57 Å². The molecule has 0 aliphatic rings. The molecule has 12 heavy (non-hydrogen) atoms. The van der Waals surface area contributed by atoms with Crippen molar-refractivity contribution in [1.29, 1.82) is 0 Å². The molecule has 2 aromatic heterocycles. The smallest absolute Gasteiger partial charge is 0.262 e. The predicted molar refractivity (Wildman–Crippen MR) is 49.2 cm³/mol. The standard InChI is InChI=1S/C8H6BrNO2/c1-10-3-2-6-7(8(10)11)5(9)4-12-6/h2-4H,1H3. The van der Waals surface area contributed by atoms with Crippen LogP contribution in [0.3, 0.4) is 0 Å². The van der Waals surface area contributed by atoms with Crippen molar-refractivity contribution in [2.24, 2.45) is 7.05 Å². The van der Waals surface area contributed by atoms with Crippen LogP contribution in [-0.2, 0) is 7.05 Å². The summed E-state index contributed by atoms with van der Waals surface area (Å²) >= 11 is 3.24. The van der Waals surface area contributed by atoms with Gasteiger partial charge < -0.3 is 8.98 Å². The Balaban J connectivity index is 3.06. The third kappa shape index (κ3) is 0.914. The lowest BCUT2D eigenvalue weighted by Gasteiger charge is -1.94. The van der Waals surface area contributed by atoms with Gasteiger partial charge in [0.25, 0.3) is 5.56 Å². The minimum atomic E-state index is -0.0480. The SMILES string of the molecule is Cn1ccc2occ(Br)c2c1=O. The summed E-state index contributed by atoms with van der Waals surface area (Å²) in [6.45, 7) is 0. The van der Waals surface area contributed by atoms with Crippen LogP contribution in [0.4, 0.5) is 0 Å². The fourth-order valence-electron chi connectivity index (χ4n) is 1.10. The lowest BCUT2D eigenvalue weighted by Crippen LogP contribution is -2.14. The number of aromatic nitrogens is 1. The van der Waals surface area contributed by atoms with Crippen LogP contribution in [0, 0.1) is 0 Å². The Hall–Kier alpha value is -1.03. The minimum Gasteiger partial charge on any atom is -0.463 e. The number of halogens is 1. The van der Waals surface area contributed by atoms with E-state index in [9.17, 15) is 4.79 Å². The molecule has 0 N–H and O–H groups in total. The Labute approximate surface area is 76.7 Å². The topological polar surface area (TPSA) is 35.1 Å². The van der Waals surface area contributed by atoms with Gasteiger partial charge >= 0.3 is 0 Å². The molecule has 0 aromatic carbocycles. The number of aryl methyl sites for hydroxylation is 1. The van der Waals surface area contributed by atoms with Crippen molar-refractivity contribution >= 4 is 26.9 Å². The van der Waals surface area contributed by atoms with E-state index < -0.39 is 0 Å². The van der Waals surface area contributed by atoms with Gasteiger partial charge in [0.15, 0.2) is 0 Å². The third-order valence-electron chi connectivity index (χ3n) is 1.76. The van der Waals surface area contributed by atoms with Gasteiger partial charge in [-0.2, -0.15) is 0 Å². The first kappa shape index (κ1) is 7.61. The molecule has 0 amide bonds. The summed E-state index contributed by atoms with van der Waals surface area (Å²) in [5, 5.41) is 0.597. The molecule has 0 atom stereocenters. The fraction of sp³-hybridized carbons (Fsp3) is 0.125. The number of rotatable bonds is 0. The highest BCUT2D eigenvalue weighted by atomic mass is 79.9. The van der Waals surface area contributed by atoms with Crippen molar-refractivity contribution in [3.8, 4) is 0 Å². The van der Waals surface area contributed by atoms with Gasteiger partial charge in [-0.3, -0.25) is 4.79 Å². The van der Waals surface area contributed by atoms with Gasteiger partial charge in [0.1, 0.15) is 11.8 Å². The van der Waals surface area contributed by atoms with Crippen LogP contribution in [0.25, 0.3) is 11.0 Å². The van der Waals surface area contributed by atoms with E-state index in [1.807, 2.05) is 0 Å². The van der Waals surface area contributed by atoms with Crippen LogP contribution in [0.1, 0.15) is 0 Å². The molecule has 0 spiro atoms. The number of fused-ring (bicyclic) bond motifs is 1. The number of hydrogen-bond donors (Lipinski definition) is 0. The molecular weight excluding hydrogens is 222 g/mol. The molecular formula is C8H6BrNO2. The molecule has 2 aromatic rings. The van der Waals surface area contributed by atoms with E-state index >= 15 is 0 Å². The quantitative estimate of drug-likeness (QED) is 0.690. The van der Waals surface area contributed by atoms with E-state index in [2.05, 4.69) is 15.9 Å². The number of pyridine rings is 1. The van der Waals surface area contributed by atoms with E-state index in [0.29, 0.717) is 15.4 Å². The number of furan rings is 1. The monoisotopic (exact) mass is 227 g/mol. The molecule has 3 nitrogen and oxygen atoms in total. The van der Waals surface area contributed by atoms with Gasteiger partial charge in [0.2, 0.25) is 0 Å². The van der Waals surface area contributed by atoms with Crippen molar-refractivity contribution in [3.05, 3.63) is 33.4 Å². The fourth-order valence-corrected chi connectivity index (χ4v) is 1.56. The molecule has 0 fully saturated rings. The molecule has 0 saturated heterocycles. The van der Waals surface area contributed by atoms with Crippen molar-refractivity contribution in [2.75, 3.05) is 0 Å². The zero-order chi connectivity index (χ0) is 8.72. The lowest BCUT2D eigenvalue weighted by atomic mass is 10.3. The Bertz CT molecular complexity index is 483. The highest BCUT2D eigenvalue weighted by Gasteiger charge is 2.07. The van der Waals surface area contributed by atoms with E-state index in [0.717, 1.165) is 0 Å². The molecule has 0 aliphatic carbocycles. The summed E-state index contributed by atoms with van der Waals surface area (Å²) in [6, 6.07) is 1.77. The van der Waals surface area contributed by atoms with Crippen LogP contribution < -0.4 is 5.56 Å². The number of hydrogen-bond acceptors (Lipinski definition) is 2. The van der Waals surface area contributed by atoms with Crippen LogP contribution in [0.2, 0.25) is 0 Å². The molecule has 0 bridgehead atoms. The normalized spacial score (nSPS) is 10.8. The first-order chi connectivity index (χ1) is 5.70. The average molecular weight is 228 g/mol. The Kier molecular flexibility index (Phi) is 1.58. The Morgan fingerprint density at radius 2 is 2.33 bits per heavy atom. The maximum atomic E-state index is 11.5. The largest absolute Gasteiger partial charge is 0.463 e. The molecule has 0 radical (unpaired) electrons. The van der Waals surface area contributed by atoms with Gasteiger partial charge in [0.05, 0.1) is 9.86 Å². The Morgan fingerprint density at radius 3 is 3.08 bits per heavy atom. The summed E-state index contributed by atoms with van der Waals surface area (Å²) in [4.78, 5) is 11.5. The summed E-state index contributed by atoms with van der Waals surface area (Å²) in [7, 11) is 1.71. The van der Waals surface area contributed by atoms with Crippen LogP contribution in [0.5, 0.6) is 0 Å². The van der Waals surface area contributed by atoms with E-state index in [1.54, 1.807) is 19.3 Å². The first-order valence-electron chi connectivity index (χ1n) is 3.42. The molecule has 0 saturated carbocycles. The molecule has 0 unspecified atom stereocenters. The third-order valence-corrected chi connectivity index (χ3v) is 2.34. The molecule has 2 rings (SSSR count). The van der Waals surface area contributed by atoms with Crippen molar-refractivity contribution < 1.29 is 4.42 Å².